The number of carboxylic acids is 1. The molecule has 2 amide bonds. The SMILES string of the molecule is CC(NC(=O)NC(CO)C(=O)O)c1ccc(Br)cc1. The molecule has 1 aromatic carbocycles. The van der Waals surface area contributed by atoms with Crippen LogP contribution < -0.4 is 10.6 Å². The Morgan fingerprint density at radius 1 is 1.26 bits per heavy atom. The van der Waals surface area contributed by atoms with Crippen LogP contribution in [0.5, 0.6) is 0 Å². The number of carboxylic acid groups (broad SMARTS) is 1. The van der Waals surface area contributed by atoms with E-state index in [2.05, 4.69) is 26.6 Å². The number of carbonyl (C=O) groups is 2. The van der Waals surface area contributed by atoms with E-state index in [0.29, 0.717) is 0 Å². The van der Waals surface area contributed by atoms with Gasteiger partial charge in [-0.2, -0.15) is 0 Å². The van der Waals surface area contributed by atoms with Crippen LogP contribution in [-0.4, -0.2) is 34.9 Å². The van der Waals surface area contributed by atoms with Crippen LogP contribution in [0.4, 0.5) is 4.79 Å². The fraction of sp³-hybridized carbons (Fsp3) is 0.333. The average molecular weight is 331 g/mol. The van der Waals surface area contributed by atoms with Crippen LogP contribution in [0.25, 0.3) is 0 Å². The molecule has 19 heavy (non-hydrogen) atoms. The standard InChI is InChI=1S/C12H15BrN2O4/c1-7(8-2-4-9(13)5-3-8)14-12(19)15-10(6-16)11(17)18/h2-5,7,10,16H,6H2,1H3,(H,17,18)(H2,14,15,19). The second-order valence-electron chi connectivity index (χ2n) is 3.96. The van der Waals surface area contributed by atoms with Crippen LogP contribution >= 0.6 is 15.9 Å². The maximum atomic E-state index is 11.6. The summed E-state index contributed by atoms with van der Waals surface area (Å²) in [5.41, 5.74) is 0.884. The number of urea groups is 1. The summed E-state index contributed by atoms with van der Waals surface area (Å²) in [5.74, 6) is -1.28. The Balaban J connectivity index is 2.56. The molecule has 1 rings (SSSR count). The molecule has 2 unspecified atom stereocenters. The highest BCUT2D eigenvalue weighted by Crippen LogP contribution is 2.16. The number of benzene rings is 1. The number of hydrogen-bond acceptors (Lipinski definition) is 3. The van der Waals surface area contributed by atoms with Crippen molar-refractivity contribution in [2.45, 2.75) is 19.0 Å². The molecule has 0 aromatic heterocycles. The van der Waals surface area contributed by atoms with Crippen LogP contribution in [0, 0.1) is 0 Å². The minimum Gasteiger partial charge on any atom is -0.480 e. The van der Waals surface area contributed by atoms with Gasteiger partial charge in [0.25, 0.3) is 0 Å². The molecular formula is C12H15BrN2O4. The number of aliphatic hydroxyl groups excluding tert-OH is 1. The quantitative estimate of drug-likeness (QED) is 0.653. The van der Waals surface area contributed by atoms with E-state index in [1.807, 2.05) is 24.3 Å². The molecule has 0 spiro atoms. The van der Waals surface area contributed by atoms with Crippen molar-refractivity contribution in [2.75, 3.05) is 6.61 Å². The van der Waals surface area contributed by atoms with Gasteiger partial charge in [0.2, 0.25) is 0 Å². The summed E-state index contributed by atoms with van der Waals surface area (Å²) in [5, 5.41) is 22.3. The van der Waals surface area contributed by atoms with Crippen molar-refractivity contribution in [1.82, 2.24) is 10.6 Å². The first-order valence-corrected chi connectivity index (χ1v) is 6.39. The zero-order chi connectivity index (χ0) is 14.4. The predicted molar refractivity (Wildman–Crippen MR) is 72.7 cm³/mol. The lowest BCUT2D eigenvalue weighted by atomic mass is 10.1. The van der Waals surface area contributed by atoms with Gasteiger partial charge in [-0.15, -0.1) is 0 Å². The van der Waals surface area contributed by atoms with Crippen LogP contribution in [-0.2, 0) is 4.79 Å². The van der Waals surface area contributed by atoms with Gasteiger partial charge in [0.1, 0.15) is 0 Å². The van der Waals surface area contributed by atoms with E-state index >= 15 is 0 Å². The Bertz CT molecular complexity index is 450. The highest BCUT2D eigenvalue weighted by Gasteiger charge is 2.19. The molecule has 0 saturated heterocycles. The third kappa shape index (κ3) is 4.88. The first-order valence-electron chi connectivity index (χ1n) is 5.60. The molecule has 0 saturated carbocycles. The van der Waals surface area contributed by atoms with E-state index in [1.54, 1.807) is 6.92 Å². The minimum absolute atomic E-state index is 0.277. The average Bonchev–Trinajstić information content (AvgIpc) is 2.36. The first-order chi connectivity index (χ1) is 8.93. The van der Waals surface area contributed by atoms with Crippen molar-refractivity contribution in [3.8, 4) is 0 Å². The third-order valence-corrected chi connectivity index (χ3v) is 3.03. The number of hydrogen-bond donors (Lipinski definition) is 4. The molecule has 0 bridgehead atoms. The molecule has 0 aliphatic heterocycles. The van der Waals surface area contributed by atoms with Gasteiger partial charge in [0, 0.05) is 4.47 Å². The van der Waals surface area contributed by atoms with Crippen LogP contribution in [0.1, 0.15) is 18.5 Å². The number of aliphatic hydroxyl groups is 1. The molecule has 0 heterocycles. The topological polar surface area (TPSA) is 98.7 Å². The molecular weight excluding hydrogens is 316 g/mol. The van der Waals surface area contributed by atoms with Gasteiger partial charge < -0.3 is 20.8 Å². The van der Waals surface area contributed by atoms with Crippen molar-refractivity contribution in [3.05, 3.63) is 34.3 Å². The van der Waals surface area contributed by atoms with Gasteiger partial charge in [-0.25, -0.2) is 9.59 Å². The van der Waals surface area contributed by atoms with E-state index in [0.717, 1.165) is 10.0 Å². The summed E-state index contributed by atoms with van der Waals surface area (Å²) in [6, 6.07) is 5.15. The summed E-state index contributed by atoms with van der Waals surface area (Å²) in [7, 11) is 0. The maximum absolute atomic E-state index is 11.6. The lowest BCUT2D eigenvalue weighted by molar-refractivity contribution is -0.140. The van der Waals surface area contributed by atoms with E-state index in [4.69, 9.17) is 10.2 Å². The molecule has 0 radical (unpaired) electrons. The van der Waals surface area contributed by atoms with Gasteiger partial charge in [0.05, 0.1) is 12.6 Å². The number of aliphatic carboxylic acids is 1. The van der Waals surface area contributed by atoms with Crippen molar-refractivity contribution >= 4 is 27.9 Å². The molecule has 104 valence electrons. The van der Waals surface area contributed by atoms with Crippen molar-refractivity contribution in [3.63, 3.8) is 0 Å². The lowest BCUT2D eigenvalue weighted by Gasteiger charge is -2.17. The molecule has 7 heteroatoms. The maximum Gasteiger partial charge on any atom is 0.328 e. The Morgan fingerprint density at radius 3 is 2.32 bits per heavy atom. The van der Waals surface area contributed by atoms with E-state index in [9.17, 15) is 9.59 Å². The third-order valence-electron chi connectivity index (χ3n) is 2.50. The number of amides is 2. The Morgan fingerprint density at radius 2 is 1.84 bits per heavy atom. The van der Waals surface area contributed by atoms with Gasteiger partial charge >= 0.3 is 12.0 Å². The van der Waals surface area contributed by atoms with Crippen LogP contribution in [0.3, 0.4) is 0 Å². The lowest BCUT2D eigenvalue weighted by Crippen LogP contribution is -2.48. The van der Waals surface area contributed by atoms with Gasteiger partial charge in [-0.1, -0.05) is 28.1 Å². The first kappa shape index (κ1) is 15.5. The zero-order valence-corrected chi connectivity index (χ0v) is 11.8. The fourth-order valence-electron chi connectivity index (χ4n) is 1.42. The highest BCUT2D eigenvalue weighted by molar-refractivity contribution is 9.10. The Labute approximate surface area is 118 Å². The van der Waals surface area contributed by atoms with Crippen LogP contribution in [0.2, 0.25) is 0 Å². The monoisotopic (exact) mass is 330 g/mol. The van der Waals surface area contributed by atoms with Gasteiger partial charge in [-0.05, 0) is 24.6 Å². The molecule has 0 aliphatic rings. The second kappa shape index (κ2) is 7.10. The fourth-order valence-corrected chi connectivity index (χ4v) is 1.68. The van der Waals surface area contributed by atoms with Gasteiger partial charge in [-0.3, -0.25) is 0 Å². The molecule has 6 nitrogen and oxygen atoms in total. The summed E-state index contributed by atoms with van der Waals surface area (Å²) >= 11 is 3.31. The number of rotatable bonds is 5. The molecule has 0 fully saturated rings. The van der Waals surface area contributed by atoms with Crippen molar-refractivity contribution in [1.29, 1.82) is 0 Å². The van der Waals surface area contributed by atoms with E-state index < -0.39 is 24.6 Å². The smallest absolute Gasteiger partial charge is 0.328 e. The highest BCUT2D eigenvalue weighted by atomic mass is 79.9. The zero-order valence-electron chi connectivity index (χ0n) is 10.3. The normalized spacial score (nSPS) is 13.4. The van der Waals surface area contributed by atoms with Gasteiger partial charge in [0.15, 0.2) is 6.04 Å². The Kier molecular flexibility index (Phi) is 5.78. The summed E-state index contributed by atoms with van der Waals surface area (Å²) in [6.07, 6.45) is 0. The van der Waals surface area contributed by atoms with Crippen LogP contribution in [0.15, 0.2) is 28.7 Å². The molecule has 4 N–H and O–H groups in total. The van der Waals surface area contributed by atoms with Crippen molar-refractivity contribution < 1.29 is 19.8 Å². The number of carbonyl (C=O) groups excluding carboxylic acids is 1. The van der Waals surface area contributed by atoms with Crippen molar-refractivity contribution in [2.24, 2.45) is 0 Å². The Hall–Kier alpha value is -1.60. The van der Waals surface area contributed by atoms with E-state index in [1.165, 1.54) is 0 Å². The number of nitrogens with one attached hydrogen (secondary N) is 2. The summed E-state index contributed by atoms with van der Waals surface area (Å²) < 4.78 is 0.930. The molecule has 1 aromatic rings. The summed E-state index contributed by atoms with van der Waals surface area (Å²) in [4.78, 5) is 22.2. The minimum atomic E-state index is -1.31. The second-order valence-corrected chi connectivity index (χ2v) is 4.88. The number of halogens is 1. The summed E-state index contributed by atoms with van der Waals surface area (Å²) in [6.45, 7) is 1.12. The largest absolute Gasteiger partial charge is 0.480 e. The molecule has 0 aliphatic carbocycles. The predicted octanol–water partition coefficient (Wildman–Crippen LogP) is 1.25. The van der Waals surface area contributed by atoms with E-state index in [-0.39, 0.29) is 6.04 Å². The molecule has 2 atom stereocenters.